The molecule has 0 amide bonds. The number of aliphatic hydroxyl groups excluding tert-OH is 4. The Morgan fingerprint density at radius 1 is 0.750 bits per heavy atom. The van der Waals surface area contributed by atoms with Gasteiger partial charge in [-0.25, -0.2) is 9.59 Å². The maximum Gasteiger partial charge on any atom is 0.335 e. The largest absolute Gasteiger partial charge is 0.479 e. The summed E-state index contributed by atoms with van der Waals surface area (Å²) in [5.74, 6) is -3.68. The highest BCUT2D eigenvalue weighted by Crippen LogP contribution is 2.09. The third kappa shape index (κ3) is 12.1. The van der Waals surface area contributed by atoms with Crippen molar-refractivity contribution in [2.24, 2.45) is 0 Å². The molecular formula is C28H38N4O8. The predicted molar refractivity (Wildman–Crippen MR) is 148 cm³/mol. The number of aliphatic hydroxyl groups is 4. The van der Waals surface area contributed by atoms with Crippen LogP contribution in [0.1, 0.15) is 36.8 Å². The van der Waals surface area contributed by atoms with Gasteiger partial charge in [0.2, 0.25) is 0 Å². The molecule has 0 unspecified atom stereocenters. The number of hydrogen-bond acceptors (Lipinski definition) is 10. The Hall–Kier alpha value is -3.52. The summed E-state index contributed by atoms with van der Waals surface area (Å²) in [6.45, 7) is 2.31. The third-order valence-electron chi connectivity index (χ3n) is 6.11. The van der Waals surface area contributed by atoms with E-state index in [1.54, 1.807) is 12.4 Å². The molecule has 0 aromatic carbocycles. The van der Waals surface area contributed by atoms with E-state index in [1.165, 1.54) is 36.8 Å². The lowest BCUT2D eigenvalue weighted by atomic mass is 10.0. The molecule has 40 heavy (non-hydrogen) atoms. The minimum atomic E-state index is -2.36. The van der Waals surface area contributed by atoms with Crippen LogP contribution in [-0.4, -0.2) is 102 Å². The fraction of sp³-hybridized carbons (Fsp3) is 0.429. The van der Waals surface area contributed by atoms with E-state index >= 15 is 0 Å². The Bertz CT molecular complexity index is 973. The maximum atomic E-state index is 10.1. The van der Waals surface area contributed by atoms with Gasteiger partial charge in [-0.2, -0.15) is 0 Å². The van der Waals surface area contributed by atoms with Gasteiger partial charge in [-0.05, 0) is 62.0 Å². The van der Waals surface area contributed by atoms with Crippen molar-refractivity contribution >= 4 is 24.1 Å². The molecule has 2 aromatic heterocycles. The number of pyridine rings is 2. The molecule has 0 spiro atoms. The Labute approximate surface area is 232 Å². The first kappa shape index (κ1) is 32.7. The minimum Gasteiger partial charge on any atom is -0.479 e. The zero-order valence-electron chi connectivity index (χ0n) is 22.0. The van der Waals surface area contributed by atoms with Crippen molar-refractivity contribution < 1.29 is 40.2 Å². The fourth-order valence-corrected chi connectivity index (χ4v) is 3.82. The average molecular weight is 559 g/mol. The molecule has 2 saturated heterocycles. The van der Waals surface area contributed by atoms with Crippen LogP contribution >= 0.6 is 0 Å². The second-order valence-corrected chi connectivity index (χ2v) is 9.24. The molecule has 0 aliphatic carbocycles. The van der Waals surface area contributed by atoms with E-state index in [0.717, 1.165) is 13.1 Å². The smallest absolute Gasteiger partial charge is 0.335 e. The Balaban J connectivity index is 0.000000210. The van der Waals surface area contributed by atoms with Crippen molar-refractivity contribution in [3.63, 3.8) is 0 Å². The first-order valence-electron chi connectivity index (χ1n) is 13.0. The highest BCUT2D eigenvalue weighted by atomic mass is 16.4. The first-order chi connectivity index (χ1) is 19.2. The van der Waals surface area contributed by atoms with E-state index in [9.17, 15) is 9.59 Å². The minimum absolute atomic E-state index is 0.570. The zero-order chi connectivity index (χ0) is 29.3. The topological polar surface area (TPSA) is 205 Å². The number of aromatic nitrogens is 2. The normalized spacial score (nSPS) is 21.5. The summed E-state index contributed by atoms with van der Waals surface area (Å²) >= 11 is 0. The van der Waals surface area contributed by atoms with Crippen LogP contribution < -0.4 is 10.6 Å². The van der Waals surface area contributed by atoms with Crippen molar-refractivity contribution in [1.82, 2.24) is 20.6 Å². The van der Waals surface area contributed by atoms with E-state index < -0.39 is 36.4 Å². The van der Waals surface area contributed by atoms with Crippen LogP contribution in [-0.2, 0) is 9.59 Å². The van der Waals surface area contributed by atoms with E-state index in [4.69, 9.17) is 30.6 Å². The first-order valence-corrected chi connectivity index (χ1v) is 13.0. The number of rotatable bonds is 9. The SMILES string of the molecule is C(=C\[C@@H]1CCCN1)/c1cccnc1.C(=C\[C@@H]1CCCN1)/c1cccnc1.O=C(O)[C@@H](O)[C@H](O)[C@H](O)[C@@H](O)C(=O)O. The van der Waals surface area contributed by atoms with Gasteiger partial charge in [0, 0.05) is 36.9 Å². The fourth-order valence-electron chi connectivity index (χ4n) is 3.82. The van der Waals surface area contributed by atoms with Crippen LogP contribution in [0.2, 0.25) is 0 Å². The monoisotopic (exact) mass is 558 g/mol. The number of carboxylic acids is 2. The van der Waals surface area contributed by atoms with Crippen molar-refractivity contribution in [3.8, 4) is 0 Å². The van der Waals surface area contributed by atoms with Gasteiger partial charge in [0.15, 0.2) is 12.2 Å². The highest BCUT2D eigenvalue weighted by Gasteiger charge is 2.37. The van der Waals surface area contributed by atoms with Gasteiger partial charge in [-0.1, -0.05) is 36.4 Å². The molecule has 4 heterocycles. The van der Waals surface area contributed by atoms with Crippen LogP contribution in [0.15, 0.2) is 61.2 Å². The summed E-state index contributed by atoms with van der Waals surface area (Å²) in [7, 11) is 0. The number of aliphatic carboxylic acids is 2. The van der Waals surface area contributed by atoms with E-state index in [-0.39, 0.29) is 0 Å². The Morgan fingerprint density at radius 2 is 1.15 bits per heavy atom. The van der Waals surface area contributed by atoms with Crippen molar-refractivity contribution in [1.29, 1.82) is 0 Å². The highest BCUT2D eigenvalue weighted by molar-refractivity contribution is 5.75. The van der Waals surface area contributed by atoms with Crippen LogP contribution in [0.4, 0.5) is 0 Å². The molecule has 0 radical (unpaired) electrons. The van der Waals surface area contributed by atoms with E-state index in [0.29, 0.717) is 12.1 Å². The molecule has 6 atom stereocenters. The molecule has 0 saturated carbocycles. The standard InChI is InChI=1S/2C11H14N2.C6H10O8/c2*1-3-10(9-12-7-1)5-6-11-4-2-8-13-11;7-1(3(9)5(11)12)2(8)4(10)6(13)14/h2*1,3,5-7,9,11,13H,2,4,8H2;1-4,7-10H,(H,11,12)(H,13,14)/b2*6-5+;/t2*11-;1-,2+,3+,4-/m00./s1. The maximum absolute atomic E-state index is 10.1. The van der Waals surface area contributed by atoms with Gasteiger partial charge in [0.05, 0.1) is 0 Å². The second-order valence-electron chi connectivity index (χ2n) is 9.24. The number of carbonyl (C=O) groups is 2. The molecule has 2 aliphatic heterocycles. The van der Waals surface area contributed by atoms with Crippen molar-refractivity contribution in [2.75, 3.05) is 13.1 Å². The third-order valence-corrected chi connectivity index (χ3v) is 6.11. The second kappa shape index (κ2) is 17.9. The molecule has 12 nitrogen and oxygen atoms in total. The lowest BCUT2D eigenvalue weighted by Gasteiger charge is -2.21. The lowest BCUT2D eigenvalue weighted by molar-refractivity contribution is -0.172. The average Bonchev–Trinajstić information content (AvgIpc) is 3.70. The van der Waals surface area contributed by atoms with Crippen LogP contribution in [0.5, 0.6) is 0 Å². The number of carboxylic acid groups (broad SMARTS) is 2. The molecule has 0 bridgehead atoms. The molecule has 2 aromatic rings. The summed E-state index contributed by atoms with van der Waals surface area (Å²) in [5, 5.41) is 58.3. The van der Waals surface area contributed by atoms with E-state index in [1.807, 2.05) is 24.5 Å². The van der Waals surface area contributed by atoms with Gasteiger partial charge in [-0.3, -0.25) is 9.97 Å². The molecule has 2 aliphatic rings. The lowest BCUT2D eigenvalue weighted by Crippen LogP contribution is -2.49. The van der Waals surface area contributed by atoms with Crippen LogP contribution in [0, 0.1) is 0 Å². The number of nitrogens with one attached hydrogen (secondary N) is 2. The summed E-state index contributed by atoms with van der Waals surface area (Å²) in [4.78, 5) is 28.3. The summed E-state index contributed by atoms with van der Waals surface area (Å²) in [6, 6.07) is 9.20. The number of nitrogens with zero attached hydrogens (tertiary/aromatic N) is 2. The van der Waals surface area contributed by atoms with Gasteiger partial charge in [0.1, 0.15) is 12.2 Å². The van der Waals surface area contributed by atoms with Gasteiger partial charge < -0.3 is 41.3 Å². The molecule has 2 fully saturated rings. The van der Waals surface area contributed by atoms with E-state index in [2.05, 4.69) is 57.0 Å². The van der Waals surface area contributed by atoms with Crippen molar-refractivity contribution in [2.45, 2.75) is 62.2 Å². The Kier molecular flexibility index (Phi) is 14.7. The quantitative estimate of drug-likeness (QED) is 0.209. The molecule has 218 valence electrons. The Morgan fingerprint density at radius 3 is 1.43 bits per heavy atom. The van der Waals surface area contributed by atoms with Crippen molar-refractivity contribution in [3.05, 3.63) is 72.3 Å². The summed E-state index contributed by atoms with van der Waals surface area (Å²) in [5.41, 5.74) is 2.35. The molecule has 4 rings (SSSR count). The van der Waals surface area contributed by atoms with Crippen LogP contribution in [0.3, 0.4) is 0 Å². The molecular weight excluding hydrogens is 520 g/mol. The summed E-state index contributed by atoms with van der Waals surface area (Å²) < 4.78 is 0. The van der Waals surface area contributed by atoms with Gasteiger partial charge in [-0.15, -0.1) is 0 Å². The summed E-state index contributed by atoms with van der Waals surface area (Å²) in [6.07, 6.45) is 11.9. The number of hydrogen-bond donors (Lipinski definition) is 8. The molecule has 12 heteroatoms. The molecule has 8 N–H and O–H groups in total. The van der Waals surface area contributed by atoms with Gasteiger partial charge >= 0.3 is 11.9 Å². The zero-order valence-corrected chi connectivity index (χ0v) is 22.0. The van der Waals surface area contributed by atoms with Crippen LogP contribution in [0.25, 0.3) is 12.2 Å². The van der Waals surface area contributed by atoms with Gasteiger partial charge in [0.25, 0.3) is 0 Å². The predicted octanol–water partition coefficient (Wildman–Crippen LogP) is 0.293.